The van der Waals surface area contributed by atoms with Gasteiger partial charge in [-0.25, -0.2) is 9.59 Å². The van der Waals surface area contributed by atoms with Crippen LogP contribution in [0.25, 0.3) is 0 Å². The molecule has 0 amide bonds. The van der Waals surface area contributed by atoms with E-state index in [2.05, 4.69) is 11.1 Å². The third-order valence-electron chi connectivity index (χ3n) is 5.86. The number of pyridine rings is 1. The van der Waals surface area contributed by atoms with E-state index in [9.17, 15) is 14.9 Å². The van der Waals surface area contributed by atoms with E-state index < -0.39 is 17.9 Å². The lowest BCUT2D eigenvalue weighted by atomic mass is 9.81. The Kier molecular flexibility index (Phi) is 7.50. The van der Waals surface area contributed by atoms with Gasteiger partial charge in [0.15, 0.2) is 0 Å². The second-order valence-corrected chi connectivity index (χ2v) is 7.97. The molecule has 37 heavy (non-hydrogen) atoms. The fraction of sp³-hybridized carbons (Fsp3) is 0.143. The molecule has 0 bridgehead atoms. The molecule has 9 heteroatoms. The van der Waals surface area contributed by atoms with Crippen LogP contribution in [0.2, 0.25) is 0 Å². The monoisotopic (exact) mass is 496 g/mol. The van der Waals surface area contributed by atoms with Crippen molar-refractivity contribution >= 4 is 17.6 Å². The number of esters is 2. The third kappa shape index (κ3) is 4.99. The molecule has 1 atom stereocenters. The van der Waals surface area contributed by atoms with E-state index in [1.54, 1.807) is 67.0 Å². The number of ether oxygens (including phenoxy) is 3. The van der Waals surface area contributed by atoms with Gasteiger partial charge in [-0.1, -0.05) is 30.3 Å². The summed E-state index contributed by atoms with van der Waals surface area (Å²) in [6, 6.07) is 21.4. The van der Waals surface area contributed by atoms with Crippen LogP contribution in [0.4, 0.5) is 5.69 Å². The number of nitrogens with zero attached hydrogens (tertiary/aromatic N) is 3. The Morgan fingerprint density at radius 3 is 2.22 bits per heavy atom. The predicted octanol–water partition coefficient (Wildman–Crippen LogP) is 3.56. The number of benzene rings is 2. The van der Waals surface area contributed by atoms with Gasteiger partial charge in [-0.3, -0.25) is 9.88 Å². The fourth-order valence-electron chi connectivity index (χ4n) is 4.12. The SMILES string of the molecule is COC(=O)C1=C(C(=O)OC)N(c2ccc(OCc3ccncc3)cc2)C(N)=C(C#N)C1c1ccccc1. The van der Waals surface area contributed by atoms with E-state index >= 15 is 0 Å². The van der Waals surface area contributed by atoms with E-state index in [1.165, 1.54) is 19.1 Å². The molecule has 0 aliphatic carbocycles. The summed E-state index contributed by atoms with van der Waals surface area (Å²) in [7, 11) is 2.41. The second kappa shape index (κ2) is 11.1. The molecule has 0 saturated heterocycles. The molecule has 1 aromatic heterocycles. The first-order chi connectivity index (χ1) is 18.0. The van der Waals surface area contributed by atoms with Crippen LogP contribution >= 0.6 is 0 Å². The number of anilines is 1. The maximum atomic E-state index is 13.1. The molecule has 9 nitrogen and oxygen atoms in total. The smallest absolute Gasteiger partial charge is 0.355 e. The number of hydrogen-bond acceptors (Lipinski definition) is 9. The van der Waals surface area contributed by atoms with Gasteiger partial charge in [0.1, 0.15) is 23.9 Å². The molecule has 1 aliphatic rings. The van der Waals surface area contributed by atoms with Crippen molar-refractivity contribution in [3.63, 3.8) is 0 Å². The topological polar surface area (TPSA) is 128 Å². The quantitative estimate of drug-likeness (QED) is 0.488. The highest BCUT2D eigenvalue weighted by Gasteiger charge is 2.42. The number of rotatable bonds is 7. The molecule has 2 N–H and O–H groups in total. The Labute approximate surface area is 214 Å². The first-order valence-corrected chi connectivity index (χ1v) is 11.3. The molecule has 186 valence electrons. The molecule has 0 fully saturated rings. The van der Waals surface area contributed by atoms with Crippen LogP contribution < -0.4 is 15.4 Å². The molecule has 3 aromatic rings. The minimum Gasteiger partial charge on any atom is -0.489 e. The van der Waals surface area contributed by atoms with Crippen molar-refractivity contribution < 1.29 is 23.8 Å². The van der Waals surface area contributed by atoms with Gasteiger partial charge >= 0.3 is 11.9 Å². The molecule has 1 unspecified atom stereocenters. The van der Waals surface area contributed by atoms with Gasteiger partial charge in [0, 0.05) is 18.1 Å². The standard InChI is InChI=1S/C28H24N4O5/c1-35-27(33)24-23(19-6-4-3-5-7-19)22(16-29)26(30)32(25(24)28(34)36-2)20-8-10-21(11-9-20)37-17-18-12-14-31-15-13-18/h3-15,23H,17,30H2,1-2H3. The van der Waals surface area contributed by atoms with Crippen molar-refractivity contribution in [2.45, 2.75) is 12.5 Å². The fourth-order valence-corrected chi connectivity index (χ4v) is 4.12. The Morgan fingerprint density at radius 1 is 0.973 bits per heavy atom. The van der Waals surface area contributed by atoms with Crippen molar-refractivity contribution in [2.75, 3.05) is 19.1 Å². The van der Waals surface area contributed by atoms with Gasteiger partial charge in [0.25, 0.3) is 0 Å². The van der Waals surface area contributed by atoms with Gasteiger partial charge in [-0.15, -0.1) is 0 Å². The average molecular weight is 497 g/mol. The third-order valence-corrected chi connectivity index (χ3v) is 5.86. The molecule has 2 aromatic carbocycles. The number of nitrogens with two attached hydrogens (primary N) is 1. The molecule has 0 spiro atoms. The van der Waals surface area contributed by atoms with Gasteiger partial charge in [-0.05, 0) is 47.5 Å². The summed E-state index contributed by atoms with van der Waals surface area (Å²) < 4.78 is 15.9. The van der Waals surface area contributed by atoms with Crippen molar-refractivity contribution in [1.29, 1.82) is 5.26 Å². The lowest BCUT2D eigenvalue weighted by molar-refractivity contribution is -0.139. The average Bonchev–Trinajstić information content (AvgIpc) is 2.95. The minimum atomic E-state index is -0.924. The highest BCUT2D eigenvalue weighted by atomic mass is 16.5. The molecule has 0 saturated carbocycles. The summed E-state index contributed by atoms with van der Waals surface area (Å²) in [5, 5.41) is 10.1. The lowest BCUT2D eigenvalue weighted by Crippen LogP contribution is -2.40. The van der Waals surface area contributed by atoms with E-state index in [0.717, 1.165) is 5.56 Å². The first-order valence-electron chi connectivity index (χ1n) is 11.3. The predicted molar refractivity (Wildman–Crippen MR) is 135 cm³/mol. The van der Waals surface area contributed by atoms with Crippen molar-refractivity contribution in [3.8, 4) is 11.8 Å². The second-order valence-electron chi connectivity index (χ2n) is 7.97. The van der Waals surface area contributed by atoms with Crippen LogP contribution in [0.5, 0.6) is 5.75 Å². The van der Waals surface area contributed by atoms with Gasteiger partial charge < -0.3 is 19.9 Å². The normalized spacial score (nSPS) is 15.2. The summed E-state index contributed by atoms with van der Waals surface area (Å²) in [5.41, 5.74) is 8.39. The Balaban J connectivity index is 1.81. The molecule has 0 radical (unpaired) electrons. The molecule has 4 rings (SSSR count). The first kappa shape index (κ1) is 25.0. The molecule has 1 aliphatic heterocycles. The molecular formula is C28H24N4O5. The highest BCUT2D eigenvalue weighted by molar-refractivity contribution is 6.06. The Morgan fingerprint density at radius 2 is 1.62 bits per heavy atom. The maximum Gasteiger partial charge on any atom is 0.355 e. The zero-order chi connectivity index (χ0) is 26.4. The summed E-state index contributed by atoms with van der Waals surface area (Å²) in [4.78, 5) is 31.5. The largest absolute Gasteiger partial charge is 0.489 e. The summed E-state index contributed by atoms with van der Waals surface area (Å²) in [5.74, 6) is -1.95. The van der Waals surface area contributed by atoms with Gasteiger partial charge in [-0.2, -0.15) is 5.26 Å². The van der Waals surface area contributed by atoms with Crippen molar-refractivity contribution in [2.24, 2.45) is 5.73 Å². The van der Waals surface area contributed by atoms with Crippen molar-refractivity contribution in [3.05, 3.63) is 113 Å². The summed E-state index contributed by atoms with van der Waals surface area (Å²) >= 11 is 0. The van der Waals surface area contributed by atoms with E-state index in [-0.39, 0.29) is 22.7 Å². The van der Waals surface area contributed by atoms with Crippen LogP contribution in [-0.2, 0) is 25.7 Å². The number of nitriles is 1. The van der Waals surface area contributed by atoms with E-state index in [1.807, 2.05) is 12.1 Å². The summed E-state index contributed by atoms with van der Waals surface area (Å²) in [6.07, 6.45) is 3.37. The van der Waals surface area contributed by atoms with E-state index in [0.29, 0.717) is 23.6 Å². The Bertz CT molecular complexity index is 1390. The number of carbonyl (C=O) groups is 2. The van der Waals surface area contributed by atoms with Crippen LogP contribution in [0.15, 0.2) is 102 Å². The summed E-state index contributed by atoms with van der Waals surface area (Å²) in [6.45, 7) is 0.338. The number of hydrogen-bond donors (Lipinski definition) is 1. The molecule has 2 heterocycles. The zero-order valence-electron chi connectivity index (χ0n) is 20.3. The van der Waals surface area contributed by atoms with Crippen LogP contribution in [0.3, 0.4) is 0 Å². The van der Waals surface area contributed by atoms with Gasteiger partial charge in [0.2, 0.25) is 0 Å². The highest BCUT2D eigenvalue weighted by Crippen LogP contribution is 2.43. The van der Waals surface area contributed by atoms with Crippen LogP contribution in [0.1, 0.15) is 17.0 Å². The zero-order valence-corrected chi connectivity index (χ0v) is 20.3. The molecular weight excluding hydrogens is 472 g/mol. The van der Waals surface area contributed by atoms with Crippen LogP contribution in [-0.4, -0.2) is 31.1 Å². The van der Waals surface area contributed by atoms with E-state index in [4.69, 9.17) is 19.9 Å². The number of aromatic nitrogens is 1. The number of carbonyl (C=O) groups excluding carboxylic acids is 2. The van der Waals surface area contributed by atoms with Crippen LogP contribution in [0, 0.1) is 11.3 Å². The number of methoxy groups -OCH3 is 2. The number of allylic oxidation sites excluding steroid dienone is 1. The lowest BCUT2D eigenvalue weighted by Gasteiger charge is -2.35. The minimum absolute atomic E-state index is 0.00476. The van der Waals surface area contributed by atoms with Crippen molar-refractivity contribution in [1.82, 2.24) is 4.98 Å². The maximum absolute atomic E-state index is 13.1. The van der Waals surface area contributed by atoms with Gasteiger partial charge in [0.05, 0.1) is 37.4 Å². The Hall–Kier alpha value is -5.10.